The van der Waals surface area contributed by atoms with Crippen LogP contribution in [-0.2, 0) is 0 Å². The lowest BCUT2D eigenvalue weighted by atomic mass is 10.0. The molecular formula is C16H16BrCl2N. The van der Waals surface area contributed by atoms with Gasteiger partial charge in [-0.3, -0.25) is 0 Å². The second-order valence-electron chi connectivity index (χ2n) is 4.83. The Morgan fingerprint density at radius 3 is 2.45 bits per heavy atom. The summed E-state index contributed by atoms with van der Waals surface area (Å²) in [4.78, 5) is 0. The number of halogens is 3. The average Bonchev–Trinajstić information content (AvgIpc) is 2.41. The summed E-state index contributed by atoms with van der Waals surface area (Å²) in [6.45, 7) is 4.22. The van der Waals surface area contributed by atoms with Gasteiger partial charge in [-0.2, -0.15) is 0 Å². The summed E-state index contributed by atoms with van der Waals surface area (Å²) < 4.78 is 1.08. The Bertz CT molecular complexity index is 601. The Kier molecular flexibility index (Phi) is 5.50. The second-order valence-corrected chi connectivity index (χ2v) is 6.59. The van der Waals surface area contributed by atoms with Crippen molar-refractivity contribution in [3.63, 3.8) is 0 Å². The fourth-order valence-electron chi connectivity index (χ4n) is 2.18. The van der Waals surface area contributed by atoms with Gasteiger partial charge in [-0.15, -0.1) is 0 Å². The van der Waals surface area contributed by atoms with Gasteiger partial charge < -0.3 is 5.32 Å². The van der Waals surface area contributed by atoms with Crippen LogP contribution in [0.5, 0.6) is 0 Å². The molecule has 0 radical (unpaired) electrons. The summed E-state index contributed by atoms with van der Waals surface area (Å²) in [7, 11) is 0. The molecule has 0 saturated carbocycles. The highest BCUT2D eigenvalue weighted by molar-refractivity contribution is 9.10. The van der Waals surface area contributed by atoms with Crippen LogP contribution in [0.25, 0.3) is 0 Å². The average molecular weight is 373 g/mol. The molecule has 0 spiro atoms. The predicted octanol–water partition coefficient (Wildman–Crippen LogP) is 6.17. The van der Waals surface area contributed by atoms with Gasteiger partial charge in [-0.25, -0.2) is 0 Å². The van der Waals surface area contributed by atoms with E-state index in [1.165, 1.54) is 5.56 Å². The molecule has 106 valence electrons. The summed E-state index contributed by atoms with van der Waals surface area (Å²) in [5, 5.41) is 4.98. The molecule has 0 aromatic heterocycles. The molecule has 1 unspecified atom stereocenters. The molecule has 1 N–H and O–H groups in total. The van der Waals surface area contributed by atoms with Gasteiger partial charge in [0.05, 0.1) is 0 Å². The van der Waals surface area contributed by atoms with Gasteiger partial charge in [-0.05, 0) is 55.3 Å². The molecule has 2 aromatic rings. The van der Waals surface area contributed by atoms with Crippen molar-refractivity contribution in [2.24, 2.45) is 0 Å². The molecule has 2 rings (SSSR count). The Morgan fingerprint density at radius 1 is 1.00 bits per heavy atom. The maximum absolute atomic E-state index is 6.24. The molecule has 0 aliphatic carbocycles. The summed E-state index contributed by atoms with van der Waals surface area (Å²) in [6.07, 6.45) is 0. The largest absolute Gasteiger partial charge is 0.304 e. The van der Waals surface area contributed by atoms with E-state index >= 15 is 0 Å². The molecule has 0 bridgehead atoms. The molecule has 0 aliphatic heterocycles. The summed E-state index contributed by atoms with van der Waals surface area (Å²) in [6, 6.07) is 14.2. The third-order valence-electron chi connectivity index (χ3n) is 3.27. The lowest BCUT2D eigenvalue weighted by molar-refractivity contribution is 0.494. The van der Waals surface area contributed by atoms with Crippen LogP contribution in [-0.4, -0.2) is 0 Å². The summed E-state index contributed by atoms with van der Waals surface area (Å²) in [5.74, 6) is 0. The standard InChI is InChI=1S/C16H16BrCl2N/c1-10(12-4-3-5-13(17)8-12)20-11(2)15-9-14(18)6-7-16(15)19/h3-11,20H,1-2H3/t10-,11?/m1/s1. The minimum Gasteiger partial charge on any atom is -0.304 e. The minimum atomic E-state index is 0.121. The number of rotatable bonds is 4. The van der Waals surface area contributed by atoms with Crippen molar-refractivity contribution < 1.29 is 0 Å². The van der Waals surface area contributed by atoms with Gasteiger partial charge in [0.15, 0.2) is 0 Å². The van der Waals surface area contributed by atoms with Gasteiger partial charge in [-0.1, -0.05) is 51.3 Å². The number of benzene rings is 2. The van der Waals surface area contributed by atoms with Crippen LogP contribution in [0.2, 0.25) is 10.0 Å². The normalized spacial score (nSPS) is 14.1. The first-order valence-electron chi connectivity index (χ1n) is 6.44. The van der Waals surface area contributed by atoms with E-state index in [1.54, 1.807) is 6.07 Å². The Morgan fingerprint density at radius 2 is 1.75 bits per heavy atom. The van der Waals surface area contributed by atoms with Crippen molar-refractivity contribution in [3.05, 3.63) is 68.1 Å². The van der Waals surface area contributed by atoms with Crippen LogP contribution < -0.4 is 5.32 Å². The molecule has 20 heavy (non-hydrogen) atoms. The molecule has 2 aromatic carbocycles. The lowest BCUT2D eigenvalue weighted by Crippen LogP contribution is -2.22. The lowest BCUT2D eigenvalue weighted by Gasteiger charge is -2.22. The van der Waals surface area contributed by atoms with E-state index in [0.717, 1.165) is 15.1 Å². The summed E-state index contributed by atoms with van der Waals surface area (Å²) in [5.41, 5.74) is 2.24. The van der Waals surface area contributed by atoms with Crippen LogP contribution in [0, 0.1) is 0 Å². The van der Waals surface area contributed by atoms with E-state index in [2.05, 4.69) is 47.2 Å². The number of hydrogen-bond acceptors (Lipinski definition) is 1. The first kappa shape index (κ1) is 15.8. The van der Waals surface area contributed by atoms with Gasteiger partial charge in [0, 0.05) is 26.6 Å². The van der Waals surface area contributed by atoms with Crippen molar-refractivity contribution >= 4 is 39.1 Å². The summed E-state index contributed by atoms with van der Waals surface area (Å²) >= 11 is 15.8. The van der Waals surface area contributed by atoms with Crippen LogP contribution in [0.15, 0.2) is 46.9 Å². The number of nitrogens with one attached hydrogen (secondary N) is 1. The Labute approximate surface area is 138 Å². The van der Waals surface area contributed by atoms with Gasteiger partial charge in [0.25, 0.3) is 0 Å². The first-order chi connectivity index (χ1) is 9.47. The molecule has 0 heterocycles. The van der Waals surface area contributed by atoms with Gasteiger partial charge >= 0.3 is 0 Å². The van der Waals surface area contributed by atoms with Gasteiger partial charge in [0.2, 0.25) is 0 Å². The highest BCUT2D eigenvalue weighted by Gasteiger charge is 2.14. The zero-order valence-corrected chi connectivity index (χ0v) is 14.4. The molecule has 1 nitrogen and oxygen atoms in total. The Hall–Kier alpha value is -0.540. The van der Waals surface area contributed by atoms with Crippen molar-refractivity contribution in [2.75, 3.05) is 0 Å². The molecule has 0 amide bonds. The third kappa shape index (κ3) is 3.98. The minimum absolute atomic E-state index is 0.121. The van der Waals surface area contributed by atoms with Crippen LogP contribution in [0.3, 0.4) is 0 Å². The van der Waals surface area contributed by atoms with E-state index in [1.807, 2.05) is 24.3 Å². The highest BCUT2D eigenvalue weighted by Crippen LogP contribution is 2.28. The second kappa shape index (κ2) is 6.95. The SMILES string of the molecule is CC(N[C@H](C)c1cccc(Br)c1)c1cc(Cl)ccc1Cl. The third-order valence-corrected chi connectivity index (χ3v) is 4.35. The van der Waals surface area contributed by atoms with E-state index in [9.17, 15) is 0 Å². The van der Waals surface area contributed by atoms with Crippen molar-refractivity contribution in [2.45, 2.75) is 25.9 Å². The molecule has 0 saturated heterocycles. The molecule has 0 aliphatic rings. The fourth-order valence-corrected chi connectivity index (χ4v) is 3.06. The maximum Gasteiger partial charge on any atom is 0.0454 e. The zero-order valence-electron chi connectivity index (χ0n) is 11.3. The molecule has 2 atom stereocenters. The van der Waals surface area contributed by atoms with E-state index < -0.39 is 0 Å². The van der Waals surface area contributed by atoms with Crippen molar-refractivity contribution in [3.8, 4) is 0 Å². The van der Waals surface area contributed by atoms with Crippen molar-refractivity contribution in [1.82, 2.24) is 5.32 Å². The maximum atomic E-state index is 6.24. The van der Waals surface area contributed by atoms with Crippen molar-refractivity contribution in [1.29, 1.82) is 0 Å². The predicted molar refractivity (Wildman–Crippen MR) is 90.6 cm³/mol. The van der Waals surface area contributed by atoms with Crippen LogP contribution >= 0.6 is 39.1 Å². The van der Waals surface area contributed by atoms with Gasteiger partial charge in [0.1, 0.15) is 0 Å². The van der Waals surface area contributed by atoms with E-state index in [-0.39, 0.29) is 12.1 Å². The Balaban J connectivity index is 2.15. The monoisotopic (exact) mass is 371 g/mol. The smallest absolute Gasteiger partial charge is 0.0454 e. The quantitative estimate of drug-likeness (QED) is 0.676. The van der Waals surface area contributed by atoms with Crippen LogP contribution in [0.4, 0.5) is 0 Å². The van der Waals surface area contributed by atoms with E-state index in [0.29, 0.717) is 5.02 Å². The fraction of sp³-hybridized carbons (Fsp3) is 0.250. The first-order valence-corrected chi connectivity index (χ1v) is 7.98. The highest BCUT2D eigenvalue weighted by atomic mass is 79.9. The molecular weight excluding hydrogens is 357 g/mol. The number of hydrogen-bond donors (Lipinski definition) is 1. The van der Waals surface area contributed by atoms with Crippen LogP contribution in [0.1, 0.15) is 37.1 Å². The zero-order chi connectivity index (χ0) is 14.7. The molecule has 0 fully saturated rings. The molecule has 4 heteroatoms. The topological polar surface area (TPSA) is 12.0 Å². The van der Waals surface area contributed by atoms with E-state index in [4.69, 9.17) is 23.2 Å².